The molecule has 3 heterocycles. The molecule has 2 fully saturated rings. The first-order valence-electron chi connectivity index (χ1n) is 10.0. The van der Waals surface area contributed by atoms with E-state index in [2.05, 4.69) is 45.0 Å². The first-order valence-corrected chi connectivity index (χ1v) is 10.4. The molecule has 0 radical (unpaired) electrons. The number of nitrogens with zero attached hydrogens (tertiary/aromatic N) is 4. The number of rotatable bonds is 2. The lowest BCUT2D eigenvalue weighted by Crippen LogP contribution is -2.34. The zero-order chi connectivity index (χ0) is 19.5. The van der Waals surface area contributed by atoms with Crippen LogP contribution in [0.25, 0.3) is 0 Å². The summed E-state index contributed by atoms with van der Waals surface area (Å²) in [5, 5.41) is 11.6. The van der Waals surface area contributed by atoms with Gasteiger partial charge in [0.2, 0.25) is 5.95 Å². The van der Waals surface area contributed by atoms with Crippen LogP contribution in [0.5, 0.6) is 0 Å². The van der Waals surface area contributed by atoms with Gasteiger partial charge in [-0.25, -0.2) is 4.98 Å². The van der Waals surface area contributed by atoms with Crippen LogP contribution in [0.1, 0.15) is 43.2 Å². The number of nitrogen functional groups attached to an aromatic ring is 1. The molecule has 5 rings (SSSR count). The van der Waals surface area contributed by atoms with E-state index in [-0.39, 0.29) is 11.4 Å². The van der Waals surface area contributed by atoms with Crippen molar-refractivity contribution >= 4 is 29.1 Å². The molecule has 1 atom stereocenters. The number of nitrogens with two attached hydrogens (primary N) is 1. The normalized spacial score (nSPS) is 26.3. The molecule has 2 aromatic rings. The van der Waals surface area contributed by atoms with Crippen molar-refractivity contribution in [3.8, 4) is 0 Å². The minimum atomic E-state index is -0.725. The fourth-order valence-corrected chi connectivity index (χ4v) is 5.59. The van der Waals surface area contributed by atoms with Gasteiger partial charge < -0.3 is 20.6 Å². The Kier molecular flexibility index (Phi) is 4.09. The van der Waals surface area contributed by atoms with Gasteiger partial charge in [-0.05, 0) is 50.0 Å². The van der Waals surface area contributed by atoms with Crippen molar-refractivity contribution in [3.63, 3.8) is 0 Å². The fourth-order valence-electron chi connectivity index (χ4n) is 5.39. The Labute approximate surface area is 170 Å². The second kappa shape index (κ2) is 6.31. The van der Waals surface area contributed by atoms with Gasteiger partial charge >= 0.3 is 0 Å². The van der Waals surface area contributed by atoms with Crippen LogP contribution in [0, 0.1) is 0 Å². The van der Waals surface area contributed by atoms with E-state index >= 15 is 0 Å². The lowest BCUT2D eigenvalue weighted by Gasteiger charge is -2.25. The summed E-state index contributed by atoms with van der Waals surface area (Å²) in [6.07, 6.45) is 6.44. The third kappa shape index (κ3) is 2.70. The minimum Gasteiger partial charge on any atom is -0.385 e. The molecule has 1 aromatic heterocycles. The molecule has 0 amide bonds. The first kappa shape index (κ1) is 18.2. The lowest BCUT2D eigenvalue weighted by molar-refractivity contribution is 0.0445. The van der Waals surface area contributed by atoms with Gasteiger partial charge in [0.15, 0.2) is 5.82 Å². The highest BCUT2D eigenvalue weighted by molar-refractivity contribution is 6.33. The third-order valence-electron chi connectivity index (χ3n) is 6.83. The standard InChI is InChI=1S/C21H26ClN5O/c1-26-9-8-20(12-26)13-27(18-16(22)11-24-19(23)25-18)17-10-14(4-5-15(17)20)21(28)6-2-3-7-21/h4-5,10-11,28H,2-3,6-9,12-13H2,1H3,(H2,23,24,25)/t20-/m0/s1. The number of halogens is 1. The Morgan fingerprint density at radius 3 is 2.68 bits per heavy atom. The van der Waals surface area contributed by atoms with E-state index < -0.39 is 5.60 Å². The smallest absolute Gasteiger partial charge is 0.222 e. The molecule has 3 aliphatic rings. The number of likely N-dealkylation sites (N-methyl/N-ethyl adjacent to an activating group) is 1. The van der Waals surface area contributed by atoms with Gasteiger partial charge in [-0.15, -0.1) is 0 Å². The number of aliphatic hydroxyl groups is 1. The molecule has 148 valence electrons. The predicted molar refractivity (Wildman–Crippen MR) is 111 cm³/mol. The van der Waals surface area contributed by atoms with Crippen molar-refractivity contribution in [2.45, 2.75) is 43.1 Å². The Morgan fingerprint density at radius 2 is 1.96 bits per heavy atom. The monoisotopic (exact) mass is 399 g/mol. The Morgan fingerprint density at radius 1 is 1.18 bits per heavy atom. The van der Waals surface area contributed by atoms with Gasteiger partial charge in [-0.3, -0.25) is 0 Å². The molecular formula is C21H26ClN5O. The van der Waals surface area contributed by atoms with Crippen LogP contribution in [0.2, 0.25) is 5.02 Å². The Balaban J connectivity index is 1.66. The summed E-state index contributed by atoms with van der Waals surface area (Å²) in [6.45, 7) is 2.88. The zero-order valence-corrected chi connectivity index (χ0v) is 16.9. The quantitative estimate of drug-likeness (QED) is 0.807. The van der Waals surface area contributed by atoms with Gasteiger partial charge in [0.25, 0.3) is 0 Å². The number of hydrogen-bond donors (Lipinski definition) is 2. The SMILES string of the molecule is CN1CC[C@]2(C1)CN(c1nc(N)ncc1Cl)c1cc(C3(O)CCCC3)ccc12. The van der Waals surface area contributed by atoms with Crippen LogP contribution < -0.4 is 10.6 Å². The summed E-state index contributed by atoms with van der Waals surface area (Å²) in [5.41, 5.74) is 8.60. The van der Waals surface area contributed by atoms with Crippen molar-refractivity contribution < 1.29 is 5.11 Å². The number of anilines is 3. The summed E-state index contributed by atoms with van der Waals surface area (Å²) >= 11 is 6.48. The Hall–Kier alpha value is -1.89. The topological polar surface area (TPSA) is 78.5 Å². The van der Waals surface area contributed by atoms with E-state index in [4.69, 9.17) is 17.3 Å². The molecule has 7 heteroatoms. The predicted octanol–water partition coefficient (Wildman–Crippen LogP) is 3.20. The van der Waals surface area contributed by atoms with Crippen LogP contribution in [0.15, 0.2) is 24.4 Å². The summed E-state index contributed by atoms with van der Waals surface area (Å²) in [4.78, 5) is 13.0. The van der Waals surface area contributed by atoms with Gasteiger partial charge in [0.1, 0.15) is 5.02 Å². The summed E-state index contributed by atoms with van der Waals surface area (Å²) in [7, 11) is 2.17. The average Bonchev–Trinajstić information content (AvgIpc) is 3.36. The highest BCUT2D eigenvalue weighted by Gasteiger charge is 2.48. The van der Waals surface area contributed by atoms with E-state index in [1.165, 1.54) is 5.56 Å². The fraction of sp³-hybridized carbons (Fsp3) is 0.524. The maximum atomic E-state index is 11.1. The summed E-state index contributed by atoms with van der Waals surface area (Å²) < 4.78 is 0. The number of fused-ring (bicyclic) bond motifs is 2. The Bertz CT molecular complexity index is 929. The molecule has 1 aromatic carbocycles. The molecule has 3 N–H and O–H groups in total. The van der Waals surface area contributed by atoms with E-state index in [0.29, 0.717) is 10.8 Å². The van der Waals surface area contributed by atoms with Crippen LogP contribution >= 0.6 is 11.6 Å². The van der Waals surface area contributed by atoms with Crippen LogP contribution in [-0.2, 0) is 11.0 Å². The zero-order valence-electron chi connectivity index (χ0n) is 16.2. The lowest BCUT2D eigenvalue weighted by atomic mass is 9.80. The molecule has 6 nitrogen and oxygen atoms in total. The maximum Gasteiger partial charge on any atom is 0.222 e. The molecule has 0 unspecified atom stereocenters. The number of benzene rings is 1. The first-order chi connectivity index (χ1) is 13.4. The largest absolute Gasteiger partial charge is 0.385 e. The highest BCUT2D eigenvalue weighted by atomic mass is 35.5. The highest BCUT2D eigenvalue weighted by Crippen LogP contribution is 2.51. The second-order valence-electron chi connectivity index (χ2n) is 8.72. The van der Waals surface area contributed by atoms with E-state index in [1.54, 1.807) is 6.20 Å². The molecule has 1 saturated heterocycles. The van der Waals surface area contributed by atoms with E-state index in [1.807, 2.05) is 0 Å². The van der Waals surface area contributed by atoms with Crippen molar-refractivity contribution in [3.05, 3.63) is 40.5 Å². The number of aromatic nitrogens is 2. The molecular weight excluding hydrogens is 374 g/mol. The molecule has 1 spiro atoms. The molecule has 1 saturated carbocycles. The van der Waals surface area contributed by atoms with Crippen molar-refractivity contribution in [1.82, 2.24) is 14.9 Å². The average molecular weight is 400 g/mol. The third-order valence-corrected chi connectivity index (χ3v) is 7.10. The van der Waals surface area contributed by atoms with Crippen molar-refractivity contribution in [2.75, 3.05) is 37.3 Å². The van der Waals surface area contributed by atoms with Gasteiger partial charge in [0.05, 0.1) is 11.8 Å². The van der Waals surface area contributed by atoms with E-state index in [0.717, 1.165) is 63.0 Å². The molecule has 0 bridgehead atoms. The van der Waals surface area contributed by atoms with Crippen molar-refractivity contribution in [1.29, 1.82) is 0 Å². The minimum absolute atomic E-state index is 0.0456. The van der Waals surface area contributed by atoms with Crippen LogP contribution in [0.4, 0.5) is 17.5 Å². The van der Waals surface area contributed by atoms with Crippen molar-refractivity contribution in [2.24, 2.45) is 0 Å². The maximum absolute atomic E-state index is 11.1. The van der Waals surface area contributed by atoms with Crippen LogP contribution in [0.3, 0.4) is 0 Å². The molecule has 1 aliphatic carbocycles. The number of likely N-dealkylation sites (tertiary alicyclic amines) is 1. The van der Waals surface area contributed by atoms with Gasteiger partial charge in [-0.2, -0.15) is 4.98 Å². The number of hydrogen-bond acceptors (Lipinski definition) is 6. The second-order valence-corrected chi connectivity index (χ2v) is 9.13. The van der Waals surface area contributed by atoms with Crippen LogP contribution in [-0.4, -0.2) is 46.7 Å². The van der Waals surface area contributed by atoms with Gasteiger partial charge in [0, 0.05) is 24.2 Å². The van der Waals surface area contributed by atoms with Gasteiger partial charge in [-0.1, -0.05) is 36.6 Å². The molecule has 28 heavy (non-hydrogen) atoms. The molecule has 2 aliphatic heterocycles. The summed E-state index contributed by atoms with van der Waals surface area (Å²) in [6, 6.07) is 6.50. The summed E-state index contributed by atoms with van der Waals surface area (Å²) in [5.74, 6) is 0.869. The van der Waals surface area contributed by atoms with E-state index in [9.17, 15) is 5.11 Å².